The normalized spacial score (nSPS) is 8.62. The number of anilines is 2. The van der Waals surface area contributed by atoms with Crippen LogP contribution in [0.2, 0.25) is 0 Å². The Morgan fingerprint density at radius 1 is 1.15 bits per heavy atom. The van der Waals surface area contributed by atoms with Gasteiger partial charge in [0.15, 0.2) is 5.82 Å². The number of hydrogen-bond acceptors (Lipinski definition) is 6. The molecule has 0 saturated carbocycles. The quantitative estimate of drug-likeness (QED) is 0.499. The van der Waals surface area contributed by atoms with Crippen LogP contribution in [0.4, 0.5) is 11.6 Å². The Hall–Kier alpha value is -2.18. The molecule has 2 rings (SSSR count). The Balaban J connectivity index is 0.000000132. The second-order valence-corrected chi connectivity index (χ2v) is 2.01. The van der Waals surface area contributed by atoms with E-state index in [-0.39, 0.29) is 0 Å². The third-order valence-corrected chi connectivity index (χ3v) is 1.11. The summed E-state index contributed by atoms with van der Waals surface area (Å²) in [4.78, 5) is 6.22. The van der Waals surface area contributed by atoms with Gasteiger partial charge in [-0.1, -0.05) is 0 Å². The Bertz CT molecular complexity index is 287. The molecule has 13 heavy (non-hydrogen) atoms. The zero-order chi connectivity index (χ0) is 9.52. The van der Waals surface area contributed by atoms with Crippen LogP contribution in [0.25, 0.3) is 0 Å². The first kappa shape index (κ1) is 8.91. The highest BCUT2D eigenvalue weighted by molar-refractivity contribution is 5.51. The second-order valence-electron chi connectivity index (χ2n) is 2.01. The van der Waals surface area contributed by atoms with Gasteiger partial charge >= 0.3 is 0 Å². The van der Waals surface area contributed by atoms with E-state index in [2.05, 4.69) is 25.4 Å². The van der Waals surface area contributed by atoms with Gasteiger partial charge in [-0.25, -0.2) is 4.98 Å². The molecule has 0 unspecified atom stereocenters. The molecule has 0 aromatic carbocycles. The zero-order valence-corrected chi connectivity index (χ0v) is 6.75. The molecule has 2 aromatic heterocycles. The molecule has 0 saturated heterocycles. The van der Waals surface area contributed by atoms with E-state index in [1.165, 1.54) is 6.33 Å². The molecule has 0 aliphatic heterocycles. The minimum atomic E-state index is 0.361. The highest BCUT2D eigenvalue weighted by Gasteiger charge is 1.89. The van der Waals surface area contributed by atoms with Gasteiger partial charge in [0.1, 0.15) is 5.82 Å². The molecule has 2 aromatic rings. The molecule has 0 spiro atoms. The van der Waals surface area contributed by atoms with Crippen molar-refractivity contribution in [2.75, 3.05) is 11.5 Å². The van der Waals surface area contributed by atoms with E-state index in [4.69, 9.17) is 11.5 Å². The SMILES string of the molecule is Nc1nc[nH]c1N.c1cnnnc1. The molecule has 0 radical (unpaired) electrons. The Kier molecular flexibility index (Phi) is 3.19. The van der Waals surface area contributed by atoms with Crippen LogP contribution in [0.3, 0.4) is 0 Å². The zero-order valence-electron chi connectivity index (χ0n) is 6.75. The maximum Gasteiger partial charge on any atom is 0.165 e. The first-order chi connectivity index (χ1) is 6.30. The summed E-state index contributed by atoms with van der Waals surface area (Å²) in [6, 6.07) is 1.72. The van der Waals surface area contributed by atoms with Crippen LogP contribution in [-0.4, -0.2) is 25.4 Å². The van der Waals surface area contributed by atoms with Gasteiger partial charge < -0.3 is 16.5 Å². The average molecular weight is 179 g/mol. The topological polar surface area (TPSA) is 119 Å². The predicted molar refractivity (Wildman–Crippen MR) is 47.2 cm³/mol. The molecule has 68 valence electrons. The summed E-state index contributed by atoms with van der Waals surface area (Å²) in [6.45, 7) is 0. The van der Waals surface area contributed by atoms with Crippen LogP contribution in [0.15, 0.2) is 24.8 Å². The van der Waals surface area contributed by atoms with Gasteiger partial charge in [0.25, 0.3) is 0 Å². The van der Waals surface area contributed by atoms with Crippen LogP contribution in [0.1, 0.15) is 0 Å². The number of hydrogen-bond donors (Lipinski definition) is 3. The third-order valence-electron chi connectivity index (χ3n) is 1.11. The minimum Gasteiger partial charge on any atom is -0.382 e. The van der Waals surface area contributed by atoms with Crippen molar-refractivity contribution in [1.82, 2.24) is 25.4 Å². The molecule has 0 amide bonds. The van der Waals surface area contributed by atoms with Crippen LogP contribution in [0.5, 0.6) is 0 Å². The van der Waals surface area contributed by atoms with E-state index in [0.717, 1.165) is 0 Å². The molecule has 0 aliphatic rings. The number of nitrogens with zero attached hydrogens (tertiary/aromatic N) is 4. The average Bonchev–Trinajstić information content (AvgIpc) is 2.55. The van der Waals surface area contributed by atoms with E-state index in [0.29, 0.717) is 11.6 Å². The smallest absolute Gasteiger partial charge is 0.165 e. The molecule has 0 bridgehead atoms. The molecule has 5 N–H and O–H groups in total. The molecular weight excluding hydrogens is 170 g/mol. The summed E-state index contributed by atoms with van der Waals surface area (Å²) in [7, 11) is 0. The molecule has 0 aliphatic carbocycles. The van der Waals surface area contributed by atoms with Gasteiger partial charge in [0.2, 0.25) is 0 Å². The Morgan fingerprint density at radius 2 is 1.85 bits per heavy atom. The van der Waals surface area contributed by atoms with E-state index in [1.807, 2.05) is 0 Å². The Labute approximate surface area is 74.2 Å². The summed E-state index contributed by atoms with van der Waals surface area (Å²) in [5, 5.41) is 10.1. The highest BCUT2D eigenvalue weighted by Crippen LogP contribution is 2.02. The number of nitrogens with two attached hydrogens (primary N) is 2. The summed E-state index contributed by atoms with van der Waals surface area (Å²) in [5.41, 5.74) is 10.4. The van der Waals surface area contributed by atoms with E-state index < -0.39 is 0 Å². The Morgan fingerprint density at radius 3 is 2.00 bits per heavy atom. The number of aromatic amines is 1. The van der Waals surface area contributed by atoms with E-state index >= 15 is 0 Å². The van der Waals surface area contributed by atoms with Crippen LogP contribution in [0, 0.1) is 0 Å². The van der Waals surface area contributed by atoms with E-state index in [1.54, 1.807) is 18.5 Å². The van der Waals surface area contributed by atoms with Crippen LogP contribution >= 0.6 is 0 Å². The molecule has 0 atom stereocenters. The molecule has 0 fully saturated rings. The van der Waals surface area contributed by atoms with Crippen molar-refractivity contribution in [3.05, 3.63) is 24.8 Å². The van der Waals surface area contributed by atoms with Gasteiger partial charge in [-0.3, -0.25) is 0 Å². The minimum absolute atomic E-state index is 0.361. The first-order valence-electron chi connectivity index (χ1n) is 3.43. The first-order valence-corrected chi connectivity index (χ1v) is 3.43. The van der Waals surface area contributed by atoms with Crippen molar-refractivity contribution in [2.24, 2.45) is 0 Å². The van der Waals surface area contributed by atoms with Gasteiger partial charge in [-0.15, -0.1) is 10.2 Å². The van der Waals surface area contributed by atoms with Gasteiger partial charge in [-0.05, 0) is 11.3 Å². The molecule has 7 nitrogen and oxygen atoms in total. The molecule has 7 heteroatoms. The summed E-state index contributed by atoms with van der Waals surface area (Å²) in [6.07, 6.45) is 4.60. The second kappa shape index (κ2) is 4.65. The maximum absolute atomic E-state index is 5.20. The monoisotopic (exact) mass is 179 g/mol. The van der Waals surface area contributed by atoms with Gasteiger partial charge in [0.05, 0.1) is 18.7 Å². The lowest BCUT2D eigenvalue weighted by Gasteiger charge is -1.80. The number of nitrogens with one attached hydrogen (secondary N) is 1. The van der Waals surface area contributed by atoms with Crippen molar-refractivity contribution < 1.29 is 0 Å². The highest BCUT2D eigenvalue weighted by atomic mass is 15.3. The molecule has 2 heterocycles. The van der Waals surface area contributed by atoms with Crippen LogP contribution < -0.4 is 11.5 Å². The summed E-state index contributed by atoms with van der Waals surface area (Å²) < 4.78 is 0. The third kappa shape index (κ3) is 3.14. The van der Waals surface area contributed by atoms with Crippen molar-refractivity contribution in [3.63, 3.8) is 0 Å². The maximum atomic E-state index is 5.20. The number of aromatic nitrogens is 5. The predicted octanol–water partition coefficient (Wildman–Crippen LogP) is -0.554. The van der Waals surface area contributed by atoms with Crippen molar-refractivity contribution in [2.45, 2.75) is 0 Å². The van der Waals surface area contributed by atoms with Crippen molar-refractivity contribution >= 4 is 11.6 Å². The van der Waals surface area contributed by atoms with Gasteiger partial charge in [-0.2, -0.15) is 0 Å². The fraction of sp³-hybridized carbons (Fsp3) is 0. The van der Waals surface area contributed by atoms with Crippen molar-refractivity contribution in [1.29, 1.82) is 0 Å². The van der Waals surface area contributed by atoms with E-state index in [9.17, 15) is 0 Å². The largest absolute Gasteiger partial charge is 0.382 e. The fourth-order valence-electron chi connectivity index (χ4n) is 0.520. The molecular formula is C6H9N7. The van der Waals surface area contributed by atoms with Crippen molar-refractivity contribution in [3.8, 4) is 0 Å². The summed E-state index contributed by atoms with van der Waals surface area (Å²) >= 11 is 0. The number of imidazole rings is 1. The number of rotatable bonds is 0. The number of nitrogen functional groups attached to an aromatic ring is 2. The lowest BCUT2D eigenvalue weighted by atomic mass is 10.7. The lowest BCUT2D eigenvalue weighted by molar-refractivity contribution is 0.865. The standard InChI is InChI=1S/C3H6N4.C3H3N3/c4-2-3(5)7-1-6-2;1-2-4-6-5-3-1/h1H,4-5H2,(H,6,7);1-3H. The fourth-order valence-corrected chi connectivity index (χ4v) is 0.520. The summed E-state index contributed by atoms with van der Waals surface area (Å²) in [5.74, 6) is 0.792. The van der Waals surface area contributed by atoms with Crippen LogP contribution in [-0.2, 0) is 0 Å². The number of H-pyrrole nitrogens is 1. The lowest BCUT2D eigenvalue weighted by Crippen LogP contribution is -1.91. The van der Waals surface area contributed by atoms with Gasteiger partial charge in [0, 0.05) is 0 Å².